The Morgan fingerprint density at radius 1 is 1.56 bits per heavy atom. The predicted octanol–water partition coefficient (Wildman–Crippen LogP) is 1.99. The predicted molar refractivity (Wildman–Crippen MR) is 64.3 cm³/mol. The average molecular weight is 238 g/mol. The Labute approximate surface area is 97.7 Å². The van der Waals surface area contributed by atoms with Crippen LogP contribution in [0.15, 0.2) is 18.2 Å². The molecular weight excluding hydrogens is 226 g/mol. The number of nitrogen functional groups attached to an aromatic ring is 1. The number of hydrogen-bond donors (Lipinski definition) is 3. The summed E-state index contributed by atoms with van der Waals surface area (Å²) >= 11 is 5.93. The highest BCUT2D eigenvalue weighted by Gasteiger charge is 2.15. The number of nitrogens with one attached hydrogen (secondary N) is 2. The summed E-state index contributed by atoms with van der Waals surface area (Å²) in [6.07, 6.45) is 0.739. The van der Waals surface area contributed by atoms with Gasteiger partial charge in [-0.05, 0) is 30.2 Å². The minimum Gasteiger partial charge on any atom is -0.350 e. The van der Waals surface area contributed by atoms with Crippen molar-refractivity contribution in [2.45, 2.75) is 13.3 Å². The Morgan fingerprint density at radius 2 is 2.31 bits per heavy atom. The van der Waals surface area contributed by atoms with Gasteiger partial charge in [-0.1, -0.05) is 18.5 Å². The molecule has 0 bridgehead atoms. The van der Waals surface area contributed by atoms with Crippen LogP contribution in [0.1, 0.15) is 23.0 Å². The standard InChI is InChI=1S/C11H12ClN3O/c1-2-7-8-5-6(12)3-4-9(8)14-10(7)11(16)15-13/h3-5,14H,2,13H2,1H3,(H,15,16). The van der Waals surface area contributed by atoms with Crippen molar-refractivity contribution in [1.82, 2.24) is 10.4 Å². The molecule has 2 aromatic rings. The van der Waals surface area contributed by atoms with Crippen molar-refractivity contribution >= 4 is 28.4 Å². The monoisotopic (exact) mass is 237 g/mol. The maximum Gasteiger partial charge on any atom is 0.281 e. The lowest BCUT2D eigenvalue weighted by molar-refractivity contribution is 0.0948. The zero-order valence-electron chi connectivity index (χ0n) is 8.80. The molecule has 0 atom stereocenters. The quantitative estimate of drug-likeness (QED) is 0.425. The molecule has 4 N–H and O–H groups in total. The lowest BCUT2D eigenvalue weighted by atomic mass is 10.1. The molecule has 1 aromatic carbocycles. The molecule has 0 radical (unpaired) electrons. The van der Waals surface area contributed by atoms with Gasteiger partial charge in [0.05, 0.1) is 0 Å². The number of benzene rings is 1. The molecule has 0 spiro atoms. The molecule has 5 heteroatoms. The zero-order valence-corrected chi connectivity index (χ0v) is 9.56. The number of fused-ring (bicyclic) bond motifs is 1. The summed E-state index contributed by atoms with van der Waals surface area (Å²) in [5.41, 5.74) is 4.45. The number of carbonyl (C=O) groups excluding carboxylic acids is 1. The summed E-state index contributed by atoms with van der Waals surface area (Å²) < 4.78 is 0. The molecule has 84 valence electrons. The molecule has 1 aromatic heterocycles. The highest BCUT2D eigenvalue weighted by Crippen LogP contribution is 2.25. The number of rotatable bonds is 2. The molecule has 0 fully saturated rings. The number of hydrogen-bond acceptors (Lipinski definition) is 2. The Bertz CT molecular complexity index is 547. The fourth-order valence-electron chi connectivity index (χ4n) is 1.85. The van der Waals surface area contributed by atoms with Crippen molar-refractivity contribution < 1.29 is 4.79 Å². The van der Waals surface area contributed by atoms with Gasteiger partial charge in [-0.3, -0.25) is 10.2 Å². The van der Waals surface area contributed by atoms with Crippen molar-refractivity contribution in [2.75, 3.05) is 0 Å². The SMILES string of the molecule is CCc1c(C(=O)NN)[nH]c2ccc(Cl)cc12. The summed E-state index contributed by atoms with van der Waals surface area (Å²) in [5, 5.41) is 1.62. The second-order valence-electron chi connectivity index (χ2n) is 3.50. The van der Waals surface area contributed by atoms with Gasteiger partial charge >= 0.3 is 0 Å². The number of aryl methyl sites for hydroxylation is 1. The van der Waals surface area contributed by atoms with E-state index >= 15 is 0 Å². The maximum atomic E-state index is 11.5. The third kappa shape index (κ3) is 1.66. The third-order valence-electron chi connectivity index (χ3n) is 2.58. The molecule has 4 nitrogen and oxygen atoms in total. The molecule has 0 unspecified atom stereocenters. The van der Waals surface area contributed by atoms with Crippen LogP contribution in [0.25, 0.3) is 10.9 Å². The van der Waals surface area contributed by atoms with Gasteiger partial charge in [0.2, 0.25) is 0 Å². The molecule has 0 saturated carbocycles. The molecule has 0 aliphatic rings. The normalized spacial score (nSPS) is 10.7. The van der Waals surface area contributed by atoms with Crippen molar-refractivity contribution in [3.63, 3.8) is 0 Å². The fourth-order valence-corrected chi connectivity index (χ4v) is 2.03. The smallest absolute Gasteiger partial charge is 0.281 e. The molecule has 1 amide bonds. The van der Waals surface area contributed by atoms with Crippen LogP contribution in [0.2, 0.25) is 5.02 Å². The van der Waals surface area contributed by atoms with Gasteiger partial charge in [-0.25, -0.2) is 5.84 Å². The summed E-state index contributed by atoms with van der Waals surface area (Å²) in [6.45, 7) is 1.98. The topological polar surface area (TPSA) is 70.9 Å². The minimum atomic E-state index is -0.316. The second-order valence-corrected chi connectivity index (χ2v) is 3.93. The first kappa shape index (κ1) is 11.0. The van der Waals surface area contributed by atoms with E-state index in [0.717, 1.165) is 22.9 Å². The Hall–Kier alpha value is -1.52. The van der Waals surface area contributed by atoms with Gasteiger partial charge < -0.3 is 4.98 Å². The first-order valence-corrected chi connectivity index (χ1v) is 5.36. The first-order chi connectivity index (χ1) is 7.67. The van der Waals surface area contributed by atoms with Crippen LogP contribution >= 0.6 is 11.6 Å². The van der Waals surface area contributed by atoms with Crippen LogP contribution in [0.3, 0.4) is 0 Å². The molecule has 2 rings (SSSR count). The molecular formula is C11H12ClN3O. The summed E-state index contributed by atoms with van der Waals surface area (Å²) in [6, 6.07) is 5.48. The number of carbonyl (C=O) groups is 1. The van der Waals surface area contributed by atoms with E-state index in [1.54, 1.807) is 6.07 Å². The number of nitrogens with two attached hydrogens (primary N) is 1. The highest BCUT2D eigenvalue weighted by atomic mass is 35.5. The number of aromatic nitrogens is 1. The molecule has 0 aliphatic heterocycles. The van der Waals surface area contributed by atoms with E-state index in [0.29, 0.717) is 10.7 Å². The van der Waals surface area contributed by atoms with E-state index in [4.69, 9.17) is 17.4 Å². The van der Waals surface area contributed by atoms with E-state index in [-0.39, 0.29) is 5.91 Å². The van der Waals surface area contributed by atoms with Crippen molar-refractivity contribution in [3.05, 3.63) is 34.5 Å². The second kappa shape index (κ2) is 4.15. The van der Waals surface area contributed by atoms with E-state index < -0.39 is 0 Å². The third-order valence-corrected chi connectivity index (χ3v) is 2.81. The number of H-pyrrole nitrogens is 1. The van der Waals surface area contributed by atoms with Crippen LogP contribution in [-0.4, -0.2) is 10.9 Å². The van der Waals surface area contributed by atoms with E-state index in [1.165, 1.54) is 0 Å². The zero-order chi connectivity index (χ0) is 11.7. The van der Waals surface area contributed by atoms with Crippen LogP contribution in [0.4, 0.5) is 0 Å². The largest absolute Gasteiger partial charge is 0.350 e. The Balaban J connectivity index is 2.71. The van der Waals surface area contributed by atoms with Gasteiger partial charge in [-0.2, -0.15) is 0 Å². The van der Waals surface area contributed by atoms with Gasteiger partial charge in [0.25, 0.3) is 5.91 Å². The average Bonchev–Trinajstić information content (AvgIpc) is 2.65. The van der Waals surface area contributed by atoms with Gasteiger partial charge in [0.15, 0.2) is 0 Å². The summed E-state index contributed by atoms with van der Waals surface area (Å²) in [5.74, 6) is 4.82. The molecule has 1 heterocycles. The van der Waals surface area contributed by atoms with E-state index in [1.807, 2.05) is 19.1 Å². The van der Waals surface area contributed by atoms with Gasteiger partial charge in [0.1, 0.15) is 5.69 Å². The lowest BCUT2D eigenvalue weighted by Gasteiger charge is -1.99. The van der Waals surface area contributed by atoms with Crippen LogP contribution in [0, 0.1) is 0 Å². The van der Waals surface area contributed by atoms with Gasteiger partial charge in [0, 0.05) is 15.9 Å². The van der Waals surface area contributed by atoms with Crippen molar-refractivity contribution in [2.24, 2.45) is 5.84 Å². The minimum absolute atomic E-state index is 0.316. The molecule has 16 heavy (non-hydrogen) atoms. The van der Waals surface area contributed by atoms with E-state index in [2.05, 4.69) is 10.4 Å². The highest BCUT2D eigenvalue weighted by molar-refractivity contribution is 6.31. The van der Waals surface area contributed by atoms with Crippen LogP contribution in [0.5, 0.6) is 0 Å². The first-order valence-electron chi connectivity index (χ1n) is 4.98. The number of halogens is 1. The van der Waals surface area contributed by atoms with Gasteiger partial charge in [-0.15, -0.1) is 0 Å². The number of aromatic amines is 1. The van der Waals surface area contributed by atoms with Crippen molar-refractivity contribution in [3.8, 4) is 0 Å². The van der Waals surface area contributed by atoms with Crippen molar-refractivity contribution in [1.29, 1.82) is 0 Å². The van der Waals surface area contributed by atoms with E-state index in [9.17, 15) is 4.79 Å². The Morgan fingerprint density at radius 3 is 2.94 bits per heavy atom. The summed E-state index contributed by atoms with van der Waals surface area (Å²) in [7, 11) is 0. The van der Waals surface area contributed by atoms with Crippen LogP contribution in [-0.2, 0) is 6.42 Å². The number of amides is 1. The lowest BCUT2D eigenvalue weighted by Crippen LogP contribution is -2.30. The maximum absolute atomic E-state index is 11.5. The van der Waals surface area contributed by atoms with Crippen LogP contribution < -0.4 is 11.3 Å². The Kier molecular flexibility index (Phi) is 2.85. The fraction of sp³-hybridized carbons (Fsp3) is 0.182. The number of hydrazine groups is 1. The summed E-state index contributed by atoms with van der Waals surface area (Å²) in [4.78, 5) is 14.6. The molecule has 0 saturated heterocycles. The molecule has 0 aliphatic carbocycles.